The van der Waals surface area contributed by atoms with Gasteiger partial charge in [0.15, 0.2) is 0 Å². The first-order chi connectivity index (χ1) is 9.09. The second-order valence-corrected chi connectivity index (χ2v) is 5.72. The van der Waals surface area contributed by atoms with Crippen LogP contribution in [0.1, 0.15) is 12.7 Å². The van der Waals surface area contributed by atoms with E-state index in [4.69, 9.17) is 10.2 Å². The molecule has 0 fully saturated rings. The number of hydrogen-bond acceptors (Lipinski definition) is 4. The number of anilines is 1. The number of furan rings is 1. The zero-order chi connectivity index (χ0) is 13.9. The molecule has 6 heteroatoms. The van der Waals surface area contributed by atoms with Crippen LogP contribution in [0.25, 0.3) is 0 Å². The minimum absolute atomic E-state index is 0.0846. The lowest BCUT2D eigenvalue weighted by Gasteiger charge is -2.21. The monoisotopic (exact) mass is 280 g/mol. The van der Waals surface area contributed by atoms with Crippen molar-refractivity contribution in [1.82, 2.24) is 0 Å². The Balaban J connectivity index is 2.42. The van der Waals surface area contributed by atoms with E-state index in [2.05, 4.69) is 0 Å². The average molecular weight is 280 g/mol. The number of nitrogens with zero attached hydrogens (tertiary/aromatic N) is 1. The fourth-order valence-electron chi connectivity index (χ4n) is 1.80. The molecule has 2 N–H and O–H groups in total. The van der Waals surface area contributed by atoms with Crippen LogP contribution < -0.4 is 10.0 Å². The van der Waals surface area contributed by atoms with Crippen LogP contribution in [0.4, 0.5) is 5.69 Å². The molecular weight excluding hydrogens is 264 g/mol. The average Bonchev–Trinajstić information content (AvgIpc) is 2.90. The SMILES string of the molecule is CCN(c1ccccc1)S(=O)(=O)c1ccc(CN)o1. The molecule has 0 aliphatic carbocycles. The Morgan fingerprint density at radius 3 is 2.37 bits per heavy atom. The molecule has 102 valence electrons. The summed E-state index contributed by atoms with van der Waals surface area (Å²) in [6.07, 6.45) is 0. The van der Waals surface area contributed by atoms with Crippen molar-refractivity contribution >= 4 is 15.7 Å². The van der Waals surface area contributed by atoms with Gasteiger partial charge in [0.1, 0.15) is 5.76 Å². The standard InChI is InChI=1S/C13H16N2O3S/c1-2-15(11-6-4-3-5-7-11)19(16,17)13-9-8-12(10-14)18-13/h3-9H,2,10,14H2,1H3. The molecule has 19 heavy (non-hydrogen) atoms. The van der Waals surface area contributed by atoms with Crippen molar-refractivity contribution in [2.75, 3.05) is 10.8 Å². The van der Waals surface area contributed by atoms with E-state index >= 15 is 0 Å². The number of para-hydroxylation sites is 1. The molecule has 0 aliphatic rings. The molecule has 0 radical (unpaired) electrons. The zero-order valence-electron chi connectivity index (χ0n) is 10.6. The van der Waals surface area contributed by atoms with Crippen LogP contribution in [0.3, 0.4) is 0 Å². The molecule has 0 unspecified atom stereocenters. The quantitative estimate of drug-likeness (QED) is 0.908. The summed E-state index contributed by atoms with van der Waals surface area (Å²) in [5, 5.41) is -0.0846. The second kappa shape index (κ2) is 5.46. The van der Waals surface area contributed by atoms with E-state index in [0.29, 0.717) is 18.0 Å². The van der Waals surface area contributed by atoms with Gasteiger partial charge >= 0.3 is 0 Å². The van der Waals surface area contributed by atoms with Gasteiger partial charge in [-0.15, -0.1) is 0 Å². The predicted molar refractivity (Wildman–Crippen MR) is 73.2 cm³/mol. The van der Waals surface area contributed by atoms with Gasteiger partial charge in [-0.25, -0.2) is 0 Å². The van der Waals surface area contributed by atoms with Crippen LogP contribution in [-0.4, -0.2) is 15.0 Å². The first-order valence-corrected chi connectivity index (χ1v) is 7.40. The van der Waals surface area contributed by atoms with Crippen LogP contribution in [0.5, 0.6) is 0 Å². The minimum atomic E-state index is -3.68. The van der Waals surface area contributed by atoms with Crippen molar-refractivity contribution in [3.05, 3.63) is 48.2 Å². The third kappa shape index (κ3) is 2.64. The van der Waals surface area contributed by atoms with E-state index in [-0.39, 0.29) is 11.6 Å². The molecule has 2 rings (SSSR count). The summed E-state index contributed by atoms with van der Waals surface area (Å²) < 4.78 is 31.5. The Morgan fingerprint density at radius 2 is 1.84 bits per heavy atom. The highest BCUT2D eigenvalue weighted by Crippen LogP contribution is 2.24. The molecule has 2 aromatic rings. The summed E-state index contributed by atoms with van der Waals surface area (Å²) in [6.45, 7) is 2.27. The first kappa shape index (κ1) is 13.6. The predicted octanol–water partition coefficient (Wildman–Crippen LogP) is 1.95. The normalized spacial score (nSPS) is 11.5. The highest BCUT2D eigenvalue weighted by molar-refractivity contribution is 7.92. The number of rotatable bonds is 5. The molecule has 0 bridgehead atoms. The van der Waals surface area contributed by atoms with E-state index in [1.165, 1.54) is 10.4 Å². The third-order valence-electron chi connectivity index (χ3n) is 2.71. The number of sulfonamides is 1. The summed E-state index contributed by atoms with van der Waals surface area (Å²) in [6, 6.07) is 11.9. The van der Waals surface area contributed by atoms with Crippen molar-refractivity contribution in [2.24, 2.45) is 5.73 Å². The zero-order valence-corrected chi connectivity index (χ0v) is 11.4. The Morgan fingerprint density at radius 1 is 1.16 bits per heavy atom. The second-order valence-electron chi connectivity index (χ2n) is 3.93. The molecule has 1 heterocycles. The van der Waals surface area contributed by atoms with Crippen molar-refractivity contribution < 1.29 is 12.8 Å². The van der Waals surface area contributed by atoms with E-state index < -0.39 is 10.0 Å². The van der Waals surface area contributed by atoms with Gasteiger partial charge in [0.05, 0.1) is 12.2 Å². The van der Waals surface area contributed by atoms with E-state index in [0.717, 1.165) is 0 Å². The van der Waals surface area contributed by atoms with Gasteiger partial charge in [0.2, 0.25) is 5.09 Å². The molecule has 0 spiro atoms. The maximum absolute atomic E-state index is 12.5. The van der Waals surface area contributed by atoms with E-state index in [9.17, 15) is 8.42 Å². The summed E-state index contributed by atoms with van der Waals surface area (Å²) in [4.78, 5) is 0. The lowest BCUT2D eigenvalue weighted by molar-refractivity contribution is 0.415. The molecule has 0 aliphatic heterocycles. The van der Waals surface area contributed by atoms with Gasteiger partial charge in [-0.2, -0.15) is 8.42 Å². The van der Waals surface area contributed by atoms with Gasteiger partial charge in [0.25, 0.3) is 10.0 Å². The van der Waals surface area contributed by atoms with Gasteiger partial charge in [-0.3, -0.25) is 4.31 Å². The maximum Gasteiger partial charge on any atom is 0.297 e. The summed E-state index contributed by atoms with van der Waals surface area (Å²) >= 11 is 0. The molecule has 5 nitrogen and oxygen atoms in total. The topological polar surface area (TPSA) is 76.5 Å². The van der Waals surface area contributed by atoms with Crippen molar-refractivity contribution in [2.45, 2.75) is 18.6 Å². The van der Waals surface area contributed by atoms with Crippen molar-refractivity contribution in [1.29, 1.82) is 0 Å². The van der Waals surface area contributed by atoms with E-state index in [1.807, 2.05) is 6.07 Å². The van der Waals surface area contributed by atoms with Gasteiger partial charge < -0.3 is 10.2 Å². The number of hydrogen-bond donors (Lipinski definition) is 1. The maximum atomic E-state index is 12.5. The fourth-order valence-corrected chi connectivity index (χ4v) is 3.21. The van der Waals surface area contributed by atoms with Crippen LogP contribution in [0.15, 0.2) is 52.0 Å². The Bertz CT molecular complexity index is 635. The van der Waals surface area contributed by atoms with Gasteiger partial charge in [-0.05, 0) is 31.2 Å². The summed E-state index contributed by atoms with van der Waals surface area (Å²) in [7, 11) is -3.68. The highest BCUT2D eigenvalue weighted by atomic mass is 32.2. The van der Waals surface area contributed by atoms with Crippen LogP contribution in [0, 0.1) is 0 Å². The Hall–Kier alpha value is -1.79. The largest absolute Gasteiger partial charge is 0.446 e. The molecule has 0 saturated carbocycles. The van der Waals surface area contributed by atoms with Crippen LogP contribution >= 0.6 is 0 Å². The van der Waals surface area contributed by atoms with Gasteiger partial charge in [0, 0.05) is 6.54 Å². The Kier molecular flexibility index (Phi) is 3.92. The molecule has 1 aromatic carbocycles. The lowest BCUT2D eigenvalue weighted by atomic mass is 10.3. The molecule has 0 saturated heterocycles. The minimum Gasteiger partial charge on any atom is -0.446 e. The third-order valence-corrected chi connectivity index (χ3v) is 4.49. The lowest BCUT2D eigenvalue weighted by Crippen LogP contribution is -2.30. The van der Waals surface area contributed by atoms with Crippen molar-refractivity contribution in [3.63, 3.8) is 0 Å². The van der Waals surface area contributed by atoms with Crippen LogP contribution in [-0.2, 0) is 16.6 Å². The number of nitrogens with two attached hydrogens (primary N) is 1. The molecular formula is C13H16N2O3S. The summed E-state index contributed by atoms with van der Waals surface area (Å²) in [5.74, 6) is 0.447. The summed E-state index contributed by atoms with van der Waals surface area (Å²) in [5.41, 5.74) is 6.03. The highest BCUT2D eigenvalue weighted by Gasteiger charge is 2.26. The fraction of sp³-hybridized carbons (Fsp3) is 0.231. The molecule has 0 atom stereocenters. The van der Waals surface area contributed by atoms with E-state index in [1.54, 1.807) is 37.3 Å². The first-order valence-electron chi connectivity index (χ1n) is 5.96. The molecule has 1 aromatic heterocycles. The van der Waals surface area contributed by atoms with Gasteiger partial charge in [-0.1, -0.05) is 18.2 Å². The number of benzene rings is 1. The van der Waals surface area contributed by atoms with Crippen molar-refractivity contribution in [3.8, 4) is 0 Å². The smallest absolute Gasteiger partial charge is 0.297 e. The van der Waals surface area contributed by atoms with Crippen LogP contribution in [0.2, 0.25) is 0 Å². The Labute approximate surface area is 112 Å². The molecule has 0 amide bonds.